The van der Waals surface area contributed by atoms with E-state index in [4.69, 9.17) is 10.5 Å². The van der Waals surface area contributed by atoms with Gasteiger partial charge in [0, 0.05) is 6.04 Å². The molecule has 0 saturated heterocycles. The Morgan fingerprint density at radius 3 is 2.72 bits per heavy atom. The lowest BCUT2D eigenvalue weighted by Gasteiger charge is -2.23. The number of esters is 1. The van der Waals surface area contributed by atoms with Gasteiger partial charge in [0.05, 0.1) is 5.92 Å². The Labute approximate surface area is 106 Å². The van der Waals surface area contributed by atoms with Crippen molar-refractivity contribution < 1.29 is 13.9 Å². The van der Waals surface area contributed by atoms with E-state index in [1.807, 2.05) is 20.8 Å². The summed E-state index contributed by atoms with van der Waals surface area (Å²) in [6, 6.07) is 4.06. The second-order valence-corrected chi connectivity index (χ2v) is 5.71. The molecule has 0 spiro atoms. The van der Waals surface area contributed by atoms with Gasteiger partial charge >= 0.3 is 5.97 Å². The molecule has 0 saturated carbocycles. The van der Waals surface area contributed by atoms with Crippen LogP contribution >= 0.6 is 0 Å². The van der Waals surface area contributed by atoms with Gasteiger partial charge in [-0.25, -0.2) is 4.39 Å². The van der Waals surface area contributed by atoms with Crippen LogP contribution in [0.15, 0.2) is 18.2 Å². The van der Waals surface area contributed by atoms with Crippen LogP contribution in [0.4, 0.5) is 4.39 Å². The fourth-order valence-corrected chi connectivity index (χ4v) is 2.26. The monoisotopic (exact) mass is 251 g/mol. The summed E-state index contributed by atoms with van der Waals surface area (Å²) in [5, 5.41) is 0. The molecule has 0 aliphatic heterocycles. The van der Waals surface area contributed by atoms with Gasteiger partial charge in [0.15, 0.2) is 0 Å². The zero-order chi connectivity index (χ0) is 13.5. The Morgan fingerprint density at radius 1 is 1.44 bits per heavy atom. The van der Waals surface area contributed by atoms with Crippen LogP contribution in [0.3, 0.4) is 0 Å². The maximum atomic E-state index is 13.1. The van der Waals surface area contributed by atoms with Crippen LogP contribution in [0, 0.1) is 11.7 Å². The Bertz CT molecular complexity index is 479. The number of fused-ring (bicyclic) bond motifs is 1. The van der Waals surface area contributed by atoms with Gasteiger partial charge in [0.1, 0.15) is 11.4 Å². The lowest BCUT2D eigenvalue weighted by molar-refractivity contribution is -0.160. The first-order valence-electron chi connectivity index (χ1n) is 6.05. The normalized spacial score (nSPS) is 22.7. The maximum Gasteiger partial charge on any atom is 0.311 e. The molecule has 0 unspecified atom stereocenters. The molecule has 0 bridgehead atoms. The van der Waals surface area contributed by atoms with Crippen molar-refractivity contribution >= 4 is 5.97 Å². The molecular formula is C14H18FNO2. The predicted molar refractivity (Wildman–Crippen MR) is 66.4 cm³/mol. The molecule has 1 aromatic rings. The van der Waals surface area contributed by atoms with Gasteiger partial charge < -0.3 is 10.5 Å². The Kier molecular flexibility index (Phi) is 3.15. The third-order valence-corrected chi connectivity index (χ3v) is 3.05. The van der Waals surface area contributed by atoms with Crippen molar-refractivity contribution in [2.24, 2.45) is 11.7 Å². The Hall–Kier alpha value is -1.42. The first-order valence-corrected chi connectivity index (χ1v) is 6.05. The summed E-state index contributed by atoms with van der Waals surface area (Å²) >= 11 is 0. The predicted octanol–water partition coefficient (Wildman–Crippen LogP) is 2.34. The molecule has 18 heavy (non-hydrogen) atoms. The highest BCUT2D eigenvalue weighted by atomic mass is 19.1. The molecule has 1 aliphatic carbocycles. The molecule has 3 nitrogen and oxygen atoms in total. The fraction of sp³-hybridized carbons (Fsp3) is 0.500. The van der Waals surface area contributed by atoms with E-state index in [1.54, 1.807) is 6.07 Å². The Balaban J connectivity index is 2.18. The van der Waals surface area contributed by atoms with Crippen LogP contribution in [-0.4, -0.2) is 11.6 Å². The van der Waals surface area contributed by atoms with E-state index in [0.717, 1.165) is 11.1 Å². The van der Waals surface area contributed by atoms with E-state index in [9.17, 15) is 9.18 Å². The van der Waals surface area contributed by atoms with Crippen LogP contribution in [0.2, 0.25) is 0 Å². The molecule has 1 aliphatic rings. The third kappa shape index (κ3) is 2.53. The highest BCUT2D eigenvalue weighted by Crippen LogP contribution is 2.36. The second-order valence-electron chi connectivity index (χ2n) is 5.71. The minimum Gasteiger partial charge on any atom is -0.460 e. The molecule has 4 heteroatoms. The molecule has 2 rings (SSSR count). The van der Waals surface area contributed by atoms with Gasteiger partial charge in [-0.1, -0.05) is 6.07 Å². The number of carbonyl (C=O) groups excluding carboxylic acids is 1. The first-order chi connectivity index (χ1) is 8.28. The van der Waals surface area contributed by atoms with Crippen LogP contribution in [0.5, 0.6) is 0 Å². The minimum atomic E-state index is -0.531. The average molecular weight is 251 g/mol. The van der Waals surface area contributed by atoms with E-state index < -0.39 is 17.6 Å². The standard InChI is InChI=1S/C14H18FNO2/c1-14(2,3)18-13(17)11-7-8-6-9(15)4-5-10(8)12(11)16/h4-6,11-12H,7,16H2,1-3H3/t11-,12+/m0/s1. The highest BCUT2D eigenvalue weighted by molar-refractivity contribution is 5.76. The summed E-state index contributed by atoms with van der Waals surface area (Å²) in [5.74, 6) is -1.03. The Morgan fingerprint density at radius 2 is 2.11 bits per heavy atom. The lowest BCUT2D eigenvalue weighted by atomic mass is 10.0. The summed E-state index contributed by atoms with van der Waals surface area (Å²) < 4.78 is 18.5. The number of ether oxygens (including phenoxy) is 1. The molecule has 0 fully saturated rings. The number of hydrogen-bond donors (Lipinski definition) is 1. The van der Waals surface area contributed by atoms with Gasteiger partial charge in [-0.3, -0.25) is 4.79 Å². The van der Waals surface area contributed by atoms with Gasteiger partial charge in [0.25, 0.3) is 0 Å². The largest absolute Gasteiger partial charge is 0.460 e. The maximum absolute atomic E-state index is 13.1. The van der Waals surface area contributed by atoms with E-state index in [2.05, 4.69) is 0 Å². The molecule has 0 heterocycles. The summed E-state index contributed by atoms with van der Waals surface area (Å²) in [6.07, 6.45) is 0.448. The van der Waals surface area contributed by atoms with Crippen molar-refractivity contribution in [3.05, 3.63) is 35.1 Å². The van der Waals surface area contributed by atoms with Crippen molar-refractivity contribution in [2.45, 2.75) is 38.8 Å². The van der Waals surface area contributed by atoms with Crippen molar-refractivity contribution in [2.75, 3.05) is 0 Å². The van der Waals surface area contributed by atoms with E-state index in [-0.39, 0.29) is 11.8 Å². The fourth-order valence-electron chi connectivity index (χ4n) is 2.26. The van der Waals surface area contributed by atoms with Crippen LogP contribution < -0.4 is 5.73 Å². The van der Waals surface area contributed by atoms with Gasteiger partial charge in [-0.2, -0.15) is 0 Å². The zero-order valence-corrected chi connectivity index (χ0v) is 10.9. The van der Waals surface area contributed by atoms with Crippen molar-refractivity contribution in [3.63, 3.8) is 0 Å². The number of carbonyl (C=O) groups is 1. The quantitative estimate of drug-likeness (QED) is 0.779. The lowest BCUT2D eigenvalue weighted by Crippen LogP contribution is -2.32. The number of rotatable bonds is 1. The van der Waals surface area contributed by atoms with Crippen molar-refractivity contribution in [1.29, 1.82) is 0 Å². The first kappa shape index (κ1) is 13.0. The molecule has 0 aromatic heterocycles. The SMILES string of the molecule is CC(C)(C)OC(=O)[C@H]1Cc2cc(F)ccc2[C@H]1N. The van der Waals surface area contributed by atoms with Crippen LogP contribution in [0.25, 0.3) is 0 Å². The summed E-state index contributed by atoms with van der Waals surface area (Å²) in [6.45, 7) is 5.45. The molecule has 1 aromatic carbocycles. The van der Waals surface area contributed by atoms with Gasteiger partial charge in [-0.05, 0) is 50.5 Å². The summed E-state index contributed by atoms with van der Waals surface area (Å²) in [4.78, 5) is 12.0. The summed E-state index contributed by atoms with van der Waals surface area (Å²) in [7, 11) is 0. The number of halogens is 1. The zero-order valence-electron chi connectivity index (χ0n) is 10.9. The van der Waals surface area contributed by atoms with Gasteiger partial charge in [-0.15, -0.1) is 0 Å². The van der Waals surface area contributed by atoms with Crippen molar-refractivity contribution in [3.8, 4) is 0 Å². The molecule has 98 valence electrons. The smallest absolute Gasteiger partial charge is 0.311 e. The highest BCUT2D eigenvalue weighted by Gasteiger charge is 2.37. The molecular weight excluding hydrogens is 233 g/mol. The third-order valence-electron chi connectivity index (χ3n) is 3.05. The second kappa shape index (κ2) is 4.35. The number of nitrogens with two attached hydrogens (primary N) is 1. The van der Waals surface area contributed by atoms with Crippen LogP contribution in [-0.2, 0) is 16.0 Å². The van der Waals surface area contributed by atoms with E-state index >= 15 is 0 Å². The molecule has 0 radical (unpaired) electrons. The van der Waals surface area contributed by atoms with Gasteiger partial charge in [0.2, 0.25) is 0 Å². The molecule has 0 amide bonds. The molecule has 2 atom stereocenters. The average Bonchev–Trinajstić information content (AvgIpc) is 2.53. The molecule has 2 N–H and O–H groups in total. The number of hydrogen-bond acceptors (Lipinski definition) is 3. The topological polar surface area (TPSA) is 52.3 Å². The number of benzene rings is 1. The van der Waals surface area contributed by atoms with Crippen LogP contribution in [0.1, 0.15) is 37.9 Å². The van der Waals surface area contributed by atoms with E-state index in [0.29, 0.717) is 6.42 Å². The van der Waals surface area contributed by atoms with E-state index in [1.165, 1.54) is 12.1 Å². The summed E-state index contributed by atoms with van der Waals surface area (Å²) in [5.41, 5.74) is 7.15. The van der Waals surface area contributed by atoms with Crippen molar-refractivity contribution in [1.82, 2.24) is 0 Å². The minimum absolute atomic E-state index is 0.300.